The number of ether oxygens (including phenoxy) is 1. The number of aryl methyl sites for hydroxylation is 2. The number of alkyl halides is 3. The van der Waals surface area contributed by atoms with Crippen LogP contribution < -0.4 is 9.62 Å². The molecule has 0 spiro atoms. The van der Waals surface area contributed by atoms with Crippen LogP contribution in [0.5, 0.6) is 0 Å². The van der Waals surface area contributed by atoms with Gasteiger partial charge in [0.15, 0.2) is 0 Å². The number of rotatable bonds is 8. The molecular formula is C27H26ClF3N2O5S2. The third-order valence-corrected chi connectivity index (χ3v) is 9.67. The van der Waals surface area contributed by atoms with E-state index in [0.717, 1.165) is 47.4 Å². The SMILES string of the molecule is CCOC(=O)c1c(NC(=O)CN(c2ccc(Cl)c(C(F)(F)F)c2)S(=O)(=O)c2ccc(C)cc2)sc2c1CCCC2. The molecule has 1 amide bonds. The average Bonchev–Trinajstić information content (AvgIpc) is 3.25. The number of amides is 1. The molecule has 0 radical (unpaired) electrons. The summed E-state index contributed by atoms with van der Waals surface area (Å²) >= 11 is 6.97. The van der Waals surface area contributed by atoms with Gasteiger partial charge in [-0.15, -0.1) is 11.3 Å². The summed E-state index contributed by atoms with van der Waals surface area (Å²) in [5.74, 6) is -1.45. The molecule has 0 saturated heterocycles. The lowest BCUT2D eigenvalue weighted by Gasteiger charge is -2.25. The van der Waals surface area contributed by atoms with E-state index >= 15 is 0 Å². The first kappa shape index (κ1) is 29.9. The largest absolute Gasteiger partial charge is 0.462 e. The van der Waals surface area contributed by atoms with Crippen LogP contribution in [0.2, 0.25) is 5.02 Å². The average molecular weight is 615 g/mol. The molecule has 214 valence electrons. The highest BCUT2D eigenvalue weighted by molar-refractivity contribution is 7.92. The second-order valence-corrected chi connectivity index (χ2v) is 12.5. The van der Waals surface area contributed by atoms with Crippen molar-refractivity contribution in [2.24, 2.45) is 0 Å². The van der Waals surface area contributed by atoms with Crippen molar-refractivity contribution in [3.63, 3.8) is 0 Å². The smallest absolute Gasteiger partial charge is 0.417 e. The van der Waals surface area contributed by atoms with Crippen LogP contribution in [0, 0.1) is 6.92 Å². The molecule has 1 aromatic heterocycles. The standard InChI is InChI=1S/C27H26ClF3N2O5S2/c1-3-38-26(35)24-19-6-4-5-7-22(19)39-25(24)32-23(34)15-33(40(36,37)18-11-8-16(2)9-12-18)17-10-13-21(28)20(14-17)27(29,30)31/h8-14H,3-7,15H2,1-2H3,(H,32,34). The van der Waals surface area contributed by atoms with Crippen molar-refractivity contribution in [3.05, 3.63) is 74.6 Å². The fourth-order valence-electron chi connectivity index (χ4n) is 4.41. The Hall–Kier alpha value is -3.09. The van der Waals surface area contributed by atoms with Gasteiger partial charge in [0.1, 0.15) is 11.5 Å². The van der Waals surface area contributed by atoms with Crippen LogP contribution in [-0.4, -0.2) is 33.4 Å². The van der Waals surface area contributed by atoms with E-state index in [0.29, 0.717) is 16.8 Å². The zero-order chi connectivity index (χ0) is 29.2. The molecule has 0 fully saturated rings. The van der Waals surface area contributed by atoms with Gasteiger partial charge in [-0.05, 0) is 75.4 Å². The maximum atomic E-state index is 13.7. The predicted molar refractivity (Wildman–Crippen MR) is 148 cm³/mol. The van der Waals surface area contributed by atoms with Crippen molar-refractivity contribution >= 4 is 55.5 Å². The number of sulfonamides is 1. The Morgan fingerprint density at radius 3 is 2.42 bits per heavy atom. The number of carbonyl (C=O) groups is 2. The van der Waals surface area contributed by atoms with Gasteiger partial charge in [-0.25, -0.2) is 13.2 Å². The summed E-state index contributed by atoms with van der Waals surface area (Å²) in [4.78, 5) is 26.8. The molecule has 1 N–H and O–H groups in total. The molecule has 2 aromatic carbocycles. The first-order chi connectivity index (χ1) is 18.8. The molecule has 1 aliphatic carbocycles. The lowest BCUT2D eigenvalue weighted by Crippen LogP contribution is -2.38. The Morgan fingerprint density at radius 2 is 1.77 bits per heavy atom. The van der Waals surface area contributed by atoms with E-state index in [1.807, 2.05) is 0 Å². The first-order valence-corrected chi connectivity index (χ1v) is 15.0. The van der Waals surface area contributed by atoms with Crippen LogP contribution >= 0.6 is 22.9 Å². The van der Waals surface area contributed by atoms with E-state index in [1.54, 1.807) is 13.8 Å². The number of halogens is 4. The Kier molecular flexibility index (Phi) is 8.81. The number of anilines is 2. The second-order valence-electron chi connectivity index (χ2n) is 9.17. The molecule has 4 rings (SSSR count). The van der Waals surface area contributed by atoms with Crippen LogP contribution in [0.4, 0.5) is 23.9 Å². The van der Waals surface area contributed by atoms with Gasteiger partial charge in [0.05, 0.1) is 33.3 Å². The number of fused-ring (bicyclic) bond motifs is 1. The third-order valence-electron chi connectivity index (χ3n) is 6.34. The number of nitrogens with zero attached hydrogens (tertiary/aromatic N) is 1. The number of benzene rings is 2. The van der Waals surface area contributed by atoms with Crippen molar-refractivity contribution < 1.29 is 35.9 Å². The highest BCUT2D eigenvalue weighted by atomic mass is 35.5. The molecular weight excluding hydrogens is 589 g/mol. The summed E-state index contributed by atoms with van der Waals surface area (Å²) in [6.45, 7) is 2.67. The Labute approximate surface area is 239 Å². The summed E-state index contributed by atoms with van der Waals surface area (Å²) in [5.41, 5.74) is 0.146. The van der Waals surface area contributed by atoms with E-state index in [1.165, 1.54) is 35.6 Å². The van der Waals surface area contributed by atoms with E-state index < -0.39 is 50.9 Å². The Morgan fingerprint density at radius 1 is 1.10 bits per heavy atom. The van der Waals surface area contributed by atoms with Gasteiger partial charge in [0.25, 0.3) is 10.0 Å². The lowest BCUT2D eigenvalue weighted by molar-refractivity contribution is -0.137. The van der Waals surface area contributed by atoms with E-state index in [-0.39, 0.29) is 22.1 Å². The molecule has 0 atom stereocenters. The minimum atomic E-state index is -4.86. The number of hydrogen-bond donors (Lipinski definition) is 1. The minimum Gasteiger partial charge on any atom is -0.462 e. The van der Waals surface area contributed by atoms with Crippen LogP contribution in [0.1, 0.15) is 51.7 Å². The summed E-state index contributed by atoms with van der Waals surface area (Å²) in [7, 11) is -4.50. The van der Waals surface area contributed by atoms with Gasteiger partial charge in [-0.1, -0.05) is 29.3 Å². The van der Waals surface area contributed by atoms with Gasteiger partial charge in [-0.3, -0.25) is 9.10 Å². The molecule has 7 nitrogen and oxygen atoms in total. The molecule has 3 aromatic rings. The van der Waals surface area contributed by atoms with E-state index in [9.17, 15) is 31.2 Å². The van der Waals surface area contributed by atoms with Crippen LogP contribution in [0.3, 0.4) is 0 Å². The number of esters is 1. The normalized spacial score (nSPS) is 13.4. The molecule has 0 bridgehead atoms. The lowest BCUT2D eigenvalue weighted by atomic mass is 9.95. The van der Waals surface area contributed by atoms with Crippen LogP contribution in [0.25, 0.3) is 0 Å². The summed E-state index contributed by atoms with van der Waals surface area (Å²) < 4.78 is 74.0. The third kappa shape index (κ3) is 6.29. The molecule has 0 unspecified atom stereocenters. The monoisotopic (exact) mass is 614 g/mol. The highest BCUT2D eigenvalue weighted by Gasteiger charge is 2.36. The van der Waals surface area contributed by atoms with Gasteiger partial charge in [0.2, 0.25) is 5.91 Å². The molecule has 13 heteroatoms. The van der Waals surface area contributed by atoms with Gasteiger partial charge >= 0.3 is 12.1 Å². The molecule has 1 aliphatic rings. The maximum absolute atomic E-state index is 13.7. The van der Waals surface area contributed by atoms with Gasteiger partial charge in [0, 0.05) is 4.88 Å². The zero-order valence-electron chi connectivity index (χ0n) is 21.6. The summed E-state index contributed by atoms with van der Waals surface area (Å²) in [6, 6.07) is 8.32. The van der Waals surface area contributed by atoms with Crippen molar-refractivity contribution in [1.82, 2.24) is 0 Å². The van der Waals surface area contributed by atoms with Crippen molar-refractivity contribution in [3.8, 4) is 0 Å². The van der Waals surface area contributed by atoms with Crippen LogP contribution in [-0.2, 0) is 38.6 Å². The molecule has 0 aliphatic heterocycles. The van der Waals surface area contributed by atoms with E-state index in [2.05, 4.69) is 5.32 Å². The van der Waals surface area contributed by atoms with Crippen molar-refractivity contribution in [2.45, 2.75) is 50.6 Å². The number of thiophene rings is 1. The first-order valence-electron chi connectivity index (χ1n) is 12.4. The maximum Gasteiger partial charge on any atom is 0.417 e. The highest BCUT2D eigenvalue weighted by Crippen LogP contribution is 2.40. The second kappa shape index (κ2) is 11.8. The Bertz CT molecular complexity index is 1540. The minimum absolute atomic E-state index is 0.123. The van der Waals surface area contributed by atoms with Crippen molar-refractivity contribution in [2.75, 3.05) is 22.8 Å². The fourth-order valence-corrected chi connectivity index (χ4v) is 7.34. The number of hydrogen-bond acceptors (Lipinski definition) is 6. The predicted octanol–water partition coefficient (Wildman–Crippen LogP) is 6.62. The molecule has 1 heterocycles. The quantitative estimate of drug-likeness (QED) is 0.288. The Balaban J connectivity index is 1.74. The molecule has 40 heavy (non-hydrogen) atoms. The number of carbonyl (C=O) groups excluding carboxylic acids is 2. The van der Waals surface area contributed by atoms with Gasteiger partial charge < -0.3 is 10.1 Å². The van der Waals surface area contributed by atoms with Gasteiger partial charge in [-0.2, -0.15) is 13.2 Å². The molecule has 0 saturated carbocycles. The summed E-state index contributed by atoms with van der Waals surface area (Å²) in [6.07, 6.45) is -1.72. The van der Waals surface area contributed by atoms with Crippen LogP contribution in [0.15, 0.2) is 47.4 Å². The van der Waals surface area contributed by atoms with Crippen molar-refractivity contribution in [1.29, 1.82) is 0 Å². The zero-order valence-corrected chi connectivity index (χ0v) is 24.0. The fraction of sp³-hybridized carbons (Fsp3) is 0.333. The topological polar surface area (TPSA) is 92.8 Å². The summed E-state index contributed by atoms with van der Waals surface area (Å²) in [5, 5.41) is 2.22. The van der Waals surface area contributed by atoms with E-state index in [4.69, 9.17) is 16.3 Å². The number of nitrogens with one attached hydrogen (secondary N) is 1.